The number of pyridine rings is 1. The van der Waals surface area contributed by atoms with E-state index in [0.29, 0.717) is 0 Å². The van der Waals surface area contributed by atoms with Crippen LogP contribution in [0.15, 0.2) is 66.9 Å². The zero-order valence-electron chi connectivity index (χ0n) is 18.2. The third-order valence-electron chi connectivity index (χ3n) is 5.76. The fourth-order valence-electron chi connectivity index (χ4n) is 4.09. The van der Waals surface area contributed by atoms with Gasteiger partial charge in [-0.15, -0.1) is 0 Å². The molecule has 0 N–H and O–H groups in total. The number of morpholine rings is 1. The lowest BCUT2D eigenvalue weighted by Crippen LogP contribution is -2.36. The number of allylic oxidation sites excluding steroid dienone is 4. The van der Waals surface area contributed by atoms with Gasteiger partial charge in [-0.3, -0.25) is 4.98 Å². The van der Waals surface area contributed by atoms with E-state index in [1.165, 1.54) is 38.9 Å². The zero-order valence-corrected chi connectivity index (χ0v) is 18.2. The molecule has 0 atom stereocenters. The predicted octanol–water partition coefficient (Wildman–Crippen LogP) is 6.28. The molecular formula is C27H30N2O. The maximum Gasteiger partial charge on any atom is 0.0723 e. The molecule has 1 saturated heterocycles. The molecule has 4 rings (SSSR count). The standard InChI is InChI=1S/C27H30N2O/c1-4-5-9-24(21(3)22-8-6-7-20(2)18-22)23-10-11-26-25(19-23)27(12-13-28-26)29-14-16-30-17-15-29/h5-13,18-19H,4,14-17H2,1-3H3/b9-5-,24-21-. The van der Waals surface area contributed by atoms with Gasteiger partial charge < -0.3 is 9.64 Å². The minimum Gasteiger partial charge on any atom is -0.378 e. The Kier molecular flexibility index (Phi) is 6.29. The Hall–Kier alpha value is -2.91. The van der Waals surface area contributed by atoms with E-state index in [0.717, 1.165) is 38.2 Å². The van der Waals surface area contributed by atoms with E-state index in [1.807, 2.05) is 6.20 Å². The van der Waals surface area contributed by atoms with E-state index in [2.05, 4.69) is 91.3 Å². The summed E-state index contributed by atoms with van der Waals surface area (Å²) in [5.74, 6) is 0. The van der Waals surface area contributed by atoms with Crippen molar-refractivity contribution >= 4 is 27.7 Å². The molecule has 0 bridgehead atoms. The summed E-state index contributed by atoms with van der Waals surface area (Å²) < 4.78 is 5.56. The van der Waals surface area contributed by atoms with Crippen molar-refractivity contribution in [2.75, 3.05) is 31.2 Å². The molecule has 3 nitrogen and oxygen atoms in total. The number of ether oxygens (including phenoxy) is 1. The maximum absolute atomic E-state index is 5.56. The molecule has 1 aromatic heterocycles. The Morgan fingerprint density at radius 2 is 1.90 bits per heavy atom. The largest absolute Gasteiger partial charge is 0.378 e. The lowest BCUT2D eigenvalue weighted by molar-refractivity contribution is 0.123. The van der Waals surface area contributed by atoms with E-state index in [4.69, 9.17) is 4.74 Å². The summed E-state index contributed by atoms with van der Waals surface area (Å²) in [5.41, 5.74) is 8.62. The molecule has 0 aliphatic carbocycles. The van der Waals surface area contributed by atoms with Crippen LogP contribution in [0.25, 0.3) is 22.0 Å². The Morgan fingerprint density at radius 3 is 2.67 bits per heavy atom. The van der Waals surface area contributed by atoms with Gasteiger partial charge in [-0.1, -0.05) is 55.0 Å². The molecule has 2 aromatic carbocycles. The van der Waals surface area contributed by atoms with Gasteiger partial charge in [0, 0.05) is 30.4 Å². The minimum atomic E-state index is 0.778. The smallest absolute Gasteiger partial charge is 0.0723 e. The molecular weight excluding hydrogens is 368 g/mol. The third-order valence-corrected chi connectivity index (χ3v) is 5.76. The molecule has 1 fully saturated rings. The molecule has 0 spiro atoms. The molecule has 0 amide bonds. The van der Waals surface area contributed by atoms with Crippen molar-refractivity contribution in [2.45, 2.75) is 27.2 Å². The molecule has 1 aliphatic rings. The van der Waals surface area contributed by atoms with Crippen molar-refractivity contribution in [1.82, 2.24) is 4.98 Å². The number of hydrogen-bond acceptors (Lipinski definition) is 3. The number of benzene rings is 2. The van der Waals surface area contributed by atoms with Gasteiger partial charge >= 0.3 is 0 Å². The van der Waals surface area contributed by atoms with Crippen LogP contribution in [0.1, 0.15) is 37.0 Å². The van der Waals surface area contributed by atoms with Gasteiger partial charge in [-0.2, -0.15) is 0 Å². The molecule has 0 unspecified atom stereocenters. The molecule has 0 saturated carbocycles. The van der Waals surface area contributed by atoms with Crippen LogP contribution in [0.2, 0.25) is 0 Å². The van der Waals surface area contributed by atoms with Crippen LogP contribution in [0.4, 0.5) is 5.69 Å². The fraction of sp³-hybridized carbons (Fsp3) is 0.296. The SMILES string of the molecule is CC/C=C\C(=C(/C)c1cccc(C)c1)c1ccc2nccc(N3CCOCC3)c2c1. The highest BCUT2D eigenvalue weighted by molar-refractivity contribution is 5.99. The lowest BCUT2D eigenvalue weighted by atomic mass is 9.93. The first-order valence-corrected chi connectivity index (χ1v) is 10.8. The van der Waals surface area contributed by atoms with Crippen LogP contribution in [0.5, 0.6) is 0 Å². The van der Waals surface area contributed by atoms with Crippen LogP contribution >= 0.6 is 0 Å². The second-order valence-corrected chi connectivity index (χ2v) is 7.88. The second-order valence-electron chi connectivity index (χ2n) is 7.88. The van der Waals surface area contributed by atoms with Crippen molar-refractivity contribution in [1.29, 1.82) is 0 Å². The maximum atomic E-state index is 5.56. The van der Waals surface area contributed by atoms with Crippen molar-refractivity contribution in [3.8, 4) is 0 Å². The average Bonchev–Trinajstić information content (AvgIpc) is 2.79. The van der Waals surface area contributed by atoms with Gasteiger partial charge in [0.2, 0.25) is 0 Å². The number of aromatic nitrogens is 1. The summed E-state index contributed by atoms with van der Waals surface area (Å²) in [6.07, 6.45) is 7.44. The Balaban J connectivity index is 1.86. The van der Waals surface area contributed by atoms with Crippen molar-refractivity contribution < 1.29 is 4.74 Å². The van der Waals surface area contributed by atoms with Crippen molar-refractivity contribution in [3.05, 3.63) is 83.6 Å². The zero-order chi connectivity index (χ0) is 20.9. The molecule has 3 aromatic rings. The van der Waals surface area contributed by atoms with Crippen LogP contribution in [-0.4, -0.2) is 31.3 Å². The summed E-state index contributed by atoms with van der Waals surface area (Å²) >= 11 is 0. The van der Waals surface area contributed by atoms with E-state index in [1.54, 1.807) is 0 Å². The fourth-order valence-corrected chi connectivity index (χ4v) is 4.09. The molecule has 1 aliphatic heterocycles. The number of fused-ring (bicyclic) bond motifs is 1. The third kappa shape index (κ3) is 4.31. The average molecular weight is 399 g/mol. The van der Waals surface area contributed by atoms with Gasteiger partial charge in [0.25, 0.3) is 0 Å². The van der Waals surface area contributed by atoms with E-state index >= 15 is 0 Å². The number of rotatable bonds is 5. The van der Waals surface area contributed by atoms with Crippen LogP contribution < -0.4 is 4.90 Å². The normalized spacial score (nSPS) is 15.6. The molecule has 2 heterocycles. The number of aryl methyl sites for hydroxylation is 1. The monoisotopic (exact) mass is 398 g/mol. The predicted molar refractivity (Wildman–Crippen MR) is 128 cm³/mol. The Bertz CT molecular complexity index is 1090. The first-order chi connectivity index (χ1) is 14.7. The summed E-state index contributed by atoms with van der Waals surface area (Å²) in [6, 6.07) is 17.5. The highest BCUT2D eigenvalue weighted by Crippen LogP contribution is 2.33. The lowest BCUT2D eigenvalue weighted by Gasteiger charge is -2.29. The number of hydrogen-bond donors (Lipinski definition) is 0. The van der Waals surface area contributed by atoms with Crippen molar-refractivity contribution in [2.24, 2.45) is 0 Å². The summed E-state index contributed by atoms with van der Waals surface area (Å²) in [6.45, 7) is 9.95. The molecule has 30 heavy (non-hydrogen) atoms. The van der Waals surface area contributed by atoms with Gasteiger partial charge in [-0.05, 0) is 60.7 Å². The summed E-state index contributed by atoms with van der Waals surface area (Å²) in [7, 11) is 0. The highest BCUT2D eigenvalue weighted by atomic mass is 16.5. The first kappa shape index (κ1) is 20.4. The quantitative estimate of drug-likeness (QED) is 0.374. The molecule has 154 valence electrons. The summed E-state index contributed by atoms with van der Waals surface area (Å²) in [5, 5.41) is 1.20. The van der Waals surface area contributed by atoms with E-state index < -0.39 is 0 Å². The van der Waals surface area contributed by atoms with Crippen LogP contribution in [0, 0.1) is 6.92 Å². The van der Waals surface area contributed by atoms with Crippen LogP contribution in [-0.2, 0) is 4.74 Å². The number of anilines is 1. The topological polar surface area (TPSA) is 25.4 Å². The van der Waals surface area contributed by atoms with E-state index in [9.17, 15) is 0 Å². The molecule has 0 radical (unpaired) electrons. The Morgan fingerprint density at radius 1 is 1.07 bits per heavy atom. The van der Waals surface area contributed by atoms with Gasteiger partial charge in [0.05, 0.1) is 18.7 Å². The first-order valence-electron chi connectivity index (χ1n) is 10.8. The van der Waals surface area contributed by atoms with E-state index in [-0.39, 0.29) is 0 Å². The Labute approximate surface area is 179 Å². The number of nitrogens with zero attached hydrogens (tertiary/aromatic N) is 2. The minimum absolute atomic E-state index is 0.778. The second kappa shape index (κ2) is 9.27. The van der Waals surface area contributed by atoms with Crippen LogP contribution in [0.3, 0.4) is 0 Å². The van der Waals surface area contributed by atoms with Crippen molar-refractivity contribution in [3.63, 3.8) is 0 Å². The summed E-state index contributed by atoms with van der Waals surface area (Å²) in [4.78, 5) is 7.03. The molecule has 3 heteroatoms. The highest BCUT2D eigenvalue weighted by Gasteiger charge is 2.15. The van der Waals surface area contributed by atoms with Gasteiger partial charge in [-0.25, -0.2) is 0 Å². The van der Waals surface area contributed by atoms with Gasteiger partial charge in [0.1, 0.15) is 0 Å². The van der Waals surface area contributed by atoms with Gasteiger partial charge in [0.15, 0.2) is 0 Å².